The van der Waals surface area contributed by atoms with E-state index in [1.165, 1.54) is 39.8 Å². The maximum atomic E-state index is 13.3. The van der Waals surface area contributed by atoms with Crippen LogP contribution in [0.25, 0.3) is 16.9 Å². The van der Waals surface area contributed by atoms with Crippen LogP contribution in [-0.4, -0.2) is 82.1 Å². The number of fused-ring (bicyclic) bond motifs is 1. The van der Waals surface area contributed by atoms with Crippen molar-refractivity contribution in [3.05, 3.63) is 65.5 Å². The third kappa shape index (κ3) is 5.00. The minimum Gasteiger partial charge on any atom is -0.434 e. The van der Waals surface area contributed by atoms with E-state index >= 15 is 0 Å². The molecule has 0 unspecified atom stereocenters. The van der Waals surface area contributed by atoms with Crippen molar-refractivity contribution < 1.29 is 18.3 Å². The summed E-state index contributed by atoms with van der Waals surface area (Å²) in [6, 6.07) is 5.98. The summed E-state index contributed by atoms with van der Waals surface area (Å²) >= 11 is 6.19. The Morgan fingerprint density at radius 3 is 2.92 bits per heavy atom. The molecule has 0 bridgehead atoms. The smallest absolute Gasteiger partial charge is 0.387 e. The third-order valence-corrected chi connectivity index (χ3v) is 6.33. The van der Waals surface area contributed by atoms with Crippen LogP contribution in [0.15, 0.2) is 49.1 Å². The quantitative estimate of drug-likeness (QED) is 0.307. The average Bonchev–Trinajstić information content (AvgIpc) is 3.62. The Morgan fingerprint density at radius 1 is 1.28 bits per heavy atom. The van der Waals surface area contributed by atoms with E-state index in [2.05, 4.69) is 40.8 Å². The van der Waals surface area contributed by atoms with E-state index < -0.39 is 12.5 Å². The van der Waals surface area contributed by atoms with Crippen LogP contribution in [0.5, 0.6) is 5.75 Å². The number of anilines is 1. The number of nitrogens with zero attached hydrogens (tertiary/aromatic N) is 10. The molecule has 1 aromatic carbocycles. The molecule has 0 radical (unpaired) electrons. The molecule has 1 amide bonds. The van der Waals surface area contributed by atoms with Gasteiger partial charge in [-0.3, -0.25) is 9.48 Å². The van der Waals surface area contributed by atoms with E-state index in [0.29, 0.717) is 11.5 Å². The second-order valence-electron chi connectivity index (χ2n) is 8.91. The summed E-state index contributed by atoms with van der Waals surface area (Å²) in [5, 5.41) is 24.4. The average molecular weight is 556 g/mol. The Balaban J connectivity index is 1.36. The van der Waals surface area contributed by atoms with E-state index in [-0.39, 0.29) is 45.9 Å². The fourth-order valence-corrected chi connectivity index (χ4v) is 4.46. The molecule has 39 heavy (non-hydrogen) atoms. The lowest BCUT2D eigenvalue weighted by Gasteiger charge is -2.34. The van der Waals surface area contributed by atoms with Gasteiger partial charge < -0.3 is 15.0 Å². The van der Waals surface area contributed by atoms with Crippen LogP contribution in [-0.2, 0) is 6.54 Å². The normalized spacial score (nSPS) is 14.2. The molecule has 0 spiro atoms. The molecule has 4 aromatic heterocycles. The van der Waals surface area contributed by atoms with Gasteiger partial charge in [0, 0.05) is 42.3 Å². The monoisotopic (exact) mass is 555 g/mol. The van der Waals surface area contributed by atoms with Crippen LogP contribution in [0.2, 0.25) is 5.02 Å². The molecule has 0 aliphatic carbocycles. The van der Waals surface area contributed by atoms with Gasteiger partial charge >= 0.3 is 6.61 Å². The summed E-state index contributed by atoms with van der Waals surface area (Å²) in [4.78, 5) is 21.2. The Hall–Kier alpha value is -4.50. The first kappa shape index (κ1) is 24.8. The molecule has 5 aromatic rings. The zero-order valence-corrected chi connectivity index (χ0v) is 21.1. The number of halogens is 3. The highest BCUT2D eigenvalue weighted by Gasteiger charge is 2.27. The zero-order valence-electron chi connectivity index (χ0n) is 20.3. The number of benzene rings is 1. The number of likely N-dealkylation sites (N-methyl/N-ethyl adjacent to an activating group) is 1. The van der Waals surface area contributed by atoms with Gasteiger partial charge in [-0.1, -0.05) is 11.6 Å². The first-order chi connectivity index (χ1) is 18.8. The van der Waals surface area contributed by atoms with Gasteiger partial charge in [0.15, 0.2) is 11.5 Å². The molecule has 5 heterocycles. The Bertz CT molecular complexity index is 1660. The molecule has 1 aliphatic rings. The van der Waals surface area contributed by atoms with Gasteiger partial charge in [-0.15, -0.1) is 10.2 Å². The minimum atomic E-state index is -3.08. The van der Waals surface area contributed by atoms with E-state index in [4.69, 9.17) is 16.3 Å². The van der Waals surface area contributed by atoms with E-state index in [9.17, 15) is 13.6 Å². The number of rotatable bonds is 8. The first-order valence-corrected chi connectivity index (χ1v) is 12.1. The van der Waals surface area contributed by atoms with Crippen molar-refractivity contribution >= 4 is 28.8 Å². The molecular weight excluding hydrogens is 536 g/mol. The number of amides is 1. The number of aromatic nitrogens is 9. The van der Waals surface area contributed by atoms with Crippen molar-refractivity contribution in [2.75, 3.05) is 25.5 Å². The molecule has 200 valence electrons. The largest absolute Gasteiger partial charge is 0.434 e. The van der Waals surface area contributed by atoms with Crippen LogP contribution >= 0.6 is 11.6 Å². The number of alkyl halides is 2. The van der Waals surface area contributed by atoms with Gasteiger partial charge in [0.25, 0.3) is 5.91 Å². The summed E-state index contributed by atoms with van der Waals surface area (Å²) < 4.78 is 34.0. The highest BCUT2D eigenvalue weighted by atomic mass is 35.5. The highest BCUT2D eigenvalue weighted by Crippen LogP contribution is 2.37. The van der Waals surface area contributed by atoms with Gasteiger partial charge in [0.2, 0.25) is 0 Å². The van der Waals surface area contributed by atoms with Crippen molar-refractivity contribution in [3.63, 3.8) is 0 Å². The molecule has 1 N–H and O–H groups in total. The van der Waals surface area contributed by atoms with Crippen LogP contribution in [0.4, 0.5) is 14.5 Å². The van der Waals surface area contributed by atoms with Crippen LogP contribution in [0, 0.1) is 0 Å². The van der Waals surface area contributed by atoms with Crippen molar-refractivity contribution in [2.24, 2.45) is 0 Å². The first-order valence-electron chi connectivity index (χ1n) is 11.7. The highest BCUT2D eigenvalue weighted by molar-refractivity contribution is 6.31. The number of carbonyl (C=O) groups is 1. The maximum absolute atomic E-state index is 13.3. The Morgan fingerprint density at radius 2 is 2.13 bits per heavy atom. The van der Waals surface area contributed by atoms with E-state index in [1.807, 2.05) is 7.05 Å². The summed E-state index contributed by atoms with van der Waals surface area (Å²) in [6.45, 7) is -1.34. The minimum absolute atomic E-state index is 0.106. The van der Waals surface area contributed by atoms with Gasteiger partial charge in [-0.25, -0.2) is 9.50 Å². The SMILES string of the molecule is CN1CC(n2nnc(Cn3cc(NC(=O)c4cnn5cccnc45)c(-c4cc(Cl)ccc4OC(F)F)n3)n2)C1. The van der Waals surface area contributed by atoms with E-state index in [0.717, 1.165) is 13.1 Å². The molecule has 16 heteroatoms. The van der Waals surface area contributed by atoms with Crippen LogP contribution in [0.3, 0.4) is 0 Å². The molecule has 0 saturated carbocycles. The number of ether oxygens (including phenoxy) is 1. The maximum Gasteiger partial charge on any atom is 0.387 e. The Kier molecular flexibility index (Phi) is 6.36. The number of hydrogen-bond acceptors (Lipinski definition) is 9. The van der Waals surface area contributed by atoms with E-state index in [1.54, 1.807) is 23.3 Å². The molecular formula is C23H20ClF2N11O2. The standard InChI is InChI=1S/C23H20ClF2N11O2/c1-34-9-14(10-34)37-31-19(30-33-37)12-35-11-17(29-22(38)16-8-28-36-6-2-5-27-21(16)36)20(32-35)15-7-13(24)3-4-18(15)39-23(25)26/h2-8,11,14,23H,9-10,12H2,1H3,(H,29,38). The summed E-state index contributed by atoms with van der Waals surface area (Å²) in [6.07, 6.45) is 6.12. The van der Waals surface area contributed by atoms with Crippen molar-refractivity contribution in [1.82, 2.24) is 49.5 Å². The fourth-order valence-electron chi connectivity index (χ4n) is 4.29. The molecule has 1 fully saturated rings. The molecule has 13 nitrogen and oxygen atoms in total. The zero-order chi connectivity index (χ0) is 27.1. The van der Waals surface area contributed by atoms with Crippen molar-refractivity contribution in [2.45, 2.75) is 19.2 Å². The number of tetrazole rings is 1. The van der Waals surface area contributed by atoms with Gasteiger partial charge in [0.05, 0.1) is 17.9 Å². The van der Waals surface area contributed by atoms with Crippen LogP contribution < -0.4 is 10.1 Å². The second kappa shape index (κ2) is 9.99. The Labute approximate surface area is 223 Å². The summed E-state index contributed by atoms with van der Waals surface area (Å²) in [7, 11) is 2.00. The number of carbonyl (C=O) groups excluding carboxylic acids is 1. The summed E-state index contributed by atoms with van der Waals surface area (Å²) in [5.41, 5.74) is 1.07. The molecule has 1 saturated heterocycles. The number of nitrogens with one attached hydrogen (secondary N) is 1. The van der Waals surface area contributed by atoms with Gasteiger partial charge in [-0.05, 0) is 36.5 Å². The summed E-state index contributed by atoms with van der Waals surface area (Å²) in [5.74, 6) is -0.301. The van der Waals surface area contributed by atoms with Crippen LogP contribution in [0.1, 0.15) is 22.2 Å². The molecule has 6 rings (SSSR count). The predicted molar refractivity (Wildman–Crippen MR) is 134 cm³/mol. The number of likely N-dealkylation sites (tertiary alicyclic amines) is 1. The lowest BCUT2D eigenvalue weighted by Crippen LogP contribution is -2.45. The lowest BCUT2D eigenvalue weighted by molar-refractivity contribution is -0.0494. The number of hydrogen-bond donors (Lipinski definition) is 1. The van der Waals surface area contributed by atoms with Crippen molar-refractivity contribution in [3.8, 4) is 17.0 Å². The van der Waals surface area contributed by atoms with Gasteiger partial charge in [-0.2, -0.15) is 23.8 Å². The second-order valence-corrected chi connectivity index (χ2v) is 9.35. The molecule has 0 atom stereocenters. The predicted octanol–water partition coefficient (Wildman–Crippen LogP) is 2.62. The third-order valence-electron chi connectivity index (χ3n) is 6.09. The molecule has 1 aliphatic heterocycles. The van der Waals surface area contributed by atoms with Crippen molar-refractivity contribution in [1.29, 1.82) is 0 Å². The fraction of sp³-hybridized carbons (Fsp3) is 0.261. The lowest BCUT2D eigenvalue weighted by atomic mass is 10.1. The van der Waals surface area contributed by atoms with Gasteiger partial charge in [0.1, 0.15) is 23.6 Å². The topological polar surface area (TPSA) is 133 Å².